The van der Waals surface area contributed by atoms with E-state index in [1.165, 1.54) is 0 Å². The number of rotatable bonds is 3. The van der Waals surface area contributed by atoms with Gasteiger partial charge in [0.05, 0.1) is 12.6 Å². The van der Waals surface area contributed by atoms with Crippen LogP contribution in [0.3, 0.4) is 0 Å². The van der Waals surface area contributed by atoms with Gasteiger partial charge < -0.3 is 14.5 Å². The highest BCUT2D eigenvalue weighted by atomic mass is 16.4. The third-order valence-electron chi connectivity index (χ3n) is 2.27. The second kappa shape index (κ2) is 3.70. The number of hydrogen-bond acceptors (Lipinski definition) is 4. The zero-order chi connectivity index (χ0) is 9.10. The molecule has 0 bridgehead atoms. The molecule has 1 aromatic rings. The van der Waals surface area contributed by atoms with Gasteiger partial charge in [0.2, 0.25) is 0 Å². The van der Waals surface area contributed by atoms with E-state index >= 15 is 0 Å². The lowest BCUT2D eigenvalue weighted by molar-refractivity contribution is -0.107. The topological polar surface area (TPSA) is 55.1 Å². The van der Waals surface area contributed by atoms with Crippen LogP contribution in [0.4, 0.5) is 0 Å². The van der Waals surface area contributed by atoms with Gasteiger partial charge in [-0.15, -0.1) is 0 Å². The molecule has 1 saturated heterocycles. The first-order valence-corrected chi connectivity index (χ1v) is 4.49. The molecule has 4 heteroatoms. The summed E-state index contributed by atoms with van der Waals surface area (Å²) in [7, 11) is 0. The van der Waals surface area contributed by atoms with E-state index in [2.05, 4.69) is 10.3 Å². The van der Waals surface area contributed by atoms with Crippen LogP contribution in [0.1, 0.15) is 24.0 Å². The molecule has 1 aromatic heterocycles. The van der Waals surface area contributed by atoms with Gasteiger partial charge in [0.1, 0.15) is 12.0 Å². The summed E-state index contributed by atoms with van der Waals surface area (Å²) in [5.41, 5.74) is 0. The Bertz CT molecular complexity index is 290. The van der Waals surface area contributed by atoms with Crippen LogP contribution in [0.5, 0.6) is 0 Å². The van der Waals surface area contributed by atoms with Crippen LogP contribution in [0.25, 0.3) is 0 Å². The van der Waals surface area contributed by atoms with E-state index in [-0.39, 0.29) is 0 Å². The number of oxazole rings is 1. The third kappa shape index (κ3) is 1.78. The molecule has 1 unspecified atom stereocenters. The summed E-state index contributed by atoms with van der Waals surface area (Å²) in [6.07, 6.45) is 3.87. The van der Waals surface area contributed by atoms with E-state index in [4.69, 9.17) is 4.42 Å². The highest BCUT2D eigenvalue weighted by Gasteiger charge is 2.21. The first-order chi connectivity index (χ1) is 6.40. The molecule has 0 aromatic carbocycles. The van der Waals surface area contributed by atoms with Crippen LogP contribution in [-0.4, -0.2) is 24.4 Å². The lowest BCUT2D eigenvalue weighted by atomic mass is 10.1. The van der Waals surface area contributed by atoms with Crippen LogP contribution in [0.2, 0.25) is 0 Å². The van der Waals surface area contributed by atoms with Gasteiger partial charge in [0.15, 0.2) is 5.89 Å². The molecule has 4 nitrogen and oxygen atoms in total. The second-order valence-electron chi connectivity index (χ2n) is 3.23. The van der Waals surface area contributed by atoms with E-state index in [0.717, 1.165) is 31.7 Å². The SMILES string of the molecule is O=CCc1cnc(C2CCNC2)o1. The fraction of sp³-hybridized carbons (Fsp3) is 0.556. The standard InChI is InChI=1S/C9H12N2O2/c12-4-2-8-6-11-9(13-8)7-1-3-10-5-7/h4,6-7,10H,1-3,5H2. The van der Waals surface area contributed by atoms with Crippen molar-refractivity contribution in [3.05, 3.63) is 17.8 Å². The minimum Gasteiger partial charge on any atom is -0.445 e. The average molecular weight is 180 g/mol. The summed E-state index contributed by atoms with van der Waals surface area (Å²) in [6, 6.07) is 0. The van der Waals surface area contributed by atoms with Crippen molar-refractivity contribution < 1.29 is 9.21 Å². The molecule has 1 N–H and O–H groups in total. The van der Waals surface area contributed by atoms with Crippen molar-refractivity contribution in [2.45, 2.75) is 18.8 Å². The first-order valence-electron chi connectivity index (χ1n) is 4.49. The number of aldehydes is 1. The molecule has 70 valence electrons. The van der Waals surface area contributed by atoms with Gasteiger partial charge in [0.25, 0.3) is 0 Å². The van der Waals surface area contributed by atoms with E-state index < -0.39 is 0 Å². The average Bonchev–Trinajstić information content (AvgIpc) is 2.70. The third-order valence-corrected chi connectivity index (χ3v) is 2.27. The zero-order valence-electron chi connectivity index (χ0n) is 7.32. The minimum absolute atomic E-state index is 0.327. The van der Waals surface area contributed by atoms with Crippen LogP contribution in [-0.2, 0) is 11.2 Å². The van der Waals surface area contributed by atoms with Crippen molar-refractivity contribution in [3.8, 4) is 0 Å². The molecule has 0 radical (unpaired) electrons. The van der Waals surface area contributed by atoms with Crippen LogP contribution in [0.15, 0.2) is 10.6 Å². The monoisotopic (exact) mass is 180 g/mol. The van der Waals surface area contributed by atoms with E-state index in [1.807, 2.05) is 0 Å². The van der Waals surface area contributed by atoms with Crippen LogP contribution < -0.4 is 5.32 Å². The Hall–Kier alpha value is -1.16. The van der Waals surface area contributed by atoms with Crippen molar-refractivity contribution in [3.63, 3.8) is 0 Å². The molecular weight excluding hydrogens is 168 g/mol. The fourth-order valence-corrected chi connectivity index (χ4v) is 1.55. The van der Waals surface area contributed by atoms with Crippen molar-refractivity contribution in [1.82, 2.24) is 10.3 Å². The highest BCUT2D eigenvalue weighted by molar-refractivity contribution is 5.52. The Labute approximate surface area is 76.3 Å². The van der Waals surface area contributed by atoms with Gasteiger partial charge in [0, 0.05) is 12.5 Å². The van der Waals surface area contributed by atoms with Gasteiger partial charge in [-0.25, -0.2) is 4.98 Å². The number of nitrogens with zero attached hydrogens (tertiary/aromatic N) is 1. The maximum atomic E-state index is 10.2. The van der Waals surface area contributed by atoms with Crippen molar-refractivity contribution in [2.24, 2.45) is 0 Å². The molecule has 1 fully saturated rings. The largest absolute Gasteiger partial charge is 0.445 e. The number of carbonyl (C=O) groups is 1. The smallest absolute Gasteiger partial charge is 0.198 e. The van der Waals surface area contributed by atoms with E-state index in [9.17, 15) is 4.79 Å². The summed E-state index contributed by atoms with van der Waals surface area (Å²) < 4.78 is 5.43. The fourth-order valence-electron chi connectivity index (χ4n) is 1.55. The Morgan fingerprint density at radius 1 is 1.77 bits per heavy atom. The van der Waals surface area contributed by atoms with Gasteiger partial charge in [-0.1, -0.05) is 0 Å². The number of nitrogens with one attached hydrogen (secondary N) is 1. The molecular formula is C9H12N2O2. The first kappa shape index (κ1) is 8.44. The normalized spacial score (nSPS) is 22.0. The summed E-state index contributed by atoms with van der Waals surface area (Å²) >= 11 is 0. The summed E-state index contributed by atoms with van der Waals surface area (Å²) in [5.74, 6) is 1.82. The predicted octanol–water partition coefficient (Wildman–Crippen LogP) is 0.493. The molecule has 0 saturated carbocycles. The summed E-state index contributed by atoms with van der Waals surface area (Å²) in [4.78, 5) is 14.4. The molecule has 0 amide bonds. The van der Waals surface area contributed by atoms with E-state index in [1.54, 1.807) is 6.20 Å². The Kier molecular flexibility index (Phi) is 2.40. The highest BCUT2D eigenvalue weighted by Crippen LogP contribution is 2.21. The number of aromatic nitrogens is 1. The number of carbonyl (C=O) groups excluding carboxylic acids is 1. The molecule has 0 aliphatic carbocycles. The zero-order valence-corrected chi connectivity index (χ0v) is 7.32. The molecule has 1 aliphatic rings. The van der Waals surface area contributed by atoms with Crippen LogP contribution >= 0.6 is 0 Å². The van der Waals surface area contributed by atoms with Gasteiger partial charge >= 0.3 is 0 Å². The summed E-state index contributed by atoms with van der Waals surface area (Å²) in [6.45, 7) is 1.96. The lowest BCUT2D eigenvalue weighted by Gasteiger charge is -2.00. The number of hydrogen-bond donors (Lipinski definition) is 1. The van der Waals surface area contributed by atoms with Crippen molar-refractivity contribution >= 4 is 6.29 Å². The molecule has 13 heavy (non-hydrogen) atoms. The van der Waals surface area contributed by atoms with Gasteiger partial charge in [-0.2, -0.15) is 0 Å². The van der Waals surface area contributed by atoms with Gasteiger partial charge in [-0.05, 0) is 13.0 Å². The molecule has 0 spiro atoms. The Balaban J connectivity index is 2.07. The molecule has 1 atom stereocenters. The Morgan fingerprint density at radius 2 is 2.69 bits per heavy atom. The van der Waals surface area contributed by atoms with E-state index in [0.29, 0.717) is 18.1 Å². The maximum Gasteiger partial charge on any atom is 0.198 e. The minimum atomic E-state index is 0.327. The molecule has 2 rings (SSSR count). The maximum absolute atomic E-state index is 10.2. The van der Waals surface area contributed by atoms with Crippen molar-refractivity contribution in [1.29, 1.82) is 0 Å². The predicted molar refractivity (Wildman–Crippen MR) is 46.5 cm³/mol. The lowest BCUT2D eigenvalue weighted by Crippen LogP contribution is -2.07. The second-order valence-corrected chi connectivity index (χ2v) is 3.23. The summed E-state index contributed by atoms with van der Waals surface area (Å²) in [5, 5.41) is 3.24. The molecule has 2 heterocycles. The molecule has 1 aliphatic heterocycles. The van der Waals surface area contributed by atoms with Crippen molar-refractivity contribution in [2.75, 3.05) is 13.1 Å². The van der Waals surface area contributed by atoms with Gasteiger partial charge in [-0.3, -0.25) is 0 Å². The van der Waals surface area contributed by atoms with Crippen LogP contribution in [0, 0.1) is 0 Å². The quantitative estimate of drug-likeness (QED) is 0.688. The Morgan fingerprint density at radius 3 is 3.38 bits per heavy atom.